The Morgan fingerprint density at radius 3 is 2.54 bits per heavy atom. The molecule has 0 aromatic heterocycles. The second-order valence-corrected chi connectivity index (χ2v) is 8.77. The van der Waals surface area contributed by atoms with Crippen molar-refractivity contribution in [3.63, 3.8) is 0 Å². The van der Waals surface area contributed by atoms with E-state index in [0.29, 0.717) is 19.6 Å². The lowest BCUT2D eigenvalue weighted by Crippen LogP contribution is -2.54. The molecule has 1 saturated heterocycles. The van der Waals surface area contributed by atoms with Gasteiger partial charge >= 0.3 is 0 Å². The van der Waals surface area contributed by atoms with Gasteiger partial charge in [-0.25, -0.2) is 0 Å². The zero-order valence-electron chi connectivity index (χ0n) is 17.7. The van der Waals surface area contributed by atoms with Crippen LogP contribution in [0.4, 0.5) is 0 Å². The molecule has 4 nitrogen and oxygen atoms in total. The van der Waals surface area contributed by atoms with Crippen LogP contribution in [0, 0.1) is 0 Å². The molecule has 0 saturated carbocycles. The highest BCUT2D eigenvalue weighted by Crippen LogP contribution is 2.31. The maximum absolute atomic E-state index is 11.2. The van der Waals surface area contributed by atoms with Gasteiger partial charge in [-0.2, -0.15) is 0 Å². The number of carbonyl (C=O) groups excluding carboxylic acids is 1. The number of nitrogens with zero attached hydrogens (tertiary/aromatic N) is 1. The van der Waals surface area contributed by atoms with Crippen molar-refractivity contribution in [3.05, 3.63) is 29.8 Å². The smallest absolute Gasteiger partial charge is 0.222 e. The van der Waals surface area contributed by atoms with E-state index in [2.05, 4.69) is 37.8 Å². The summed E-state index contributed by atoms with van der Waals surface area (Å²) in [5.74, 6) is 0.915. The minimum absolute atomic E-state index is 0.00562. The van der Waals surface area contributed by atoms with E-state index in [1.807, 2.05) is 12.1 Å². The molecule has 0 radical (unpaired) electrons. The molecule has 1 heterocycles. The van der Waals surface area contributed by atoms with Crippen LogP contribution < -0.4 is 4.74 Å². The van der Waals surface area contributed by atoms with Crippen LogP contribution in [-0.4, -0.2) is 42.0 Å². The standard InChI is InChI=1S/C23H36ClNO3/c1-4-5-6-7-8-9-16-27-20-12-10-19(11-13-20)21-17-25(15-14-22(24)26)23(2,3)18-28-21/h10-13,21H,4-9,14-18H2,1-3H3. The summed E-state index contributed by atoms with van der Waals surface area (Å²) in [6.45, 7) is 9.35. The van der Waals surface area contributed by atoms with Crippen LogP contribution in [0.1, 0.15) is 77.4 Å². The Bertz CT molecular complexity index is 588. The molecular formula is C23H36ClNO3. The van der Waals surface area contributed by atoms with Crippen molar-refractivity contribution < 1.29 is 14.3 Å². The van der Waals surface area contributed by atoms with Gasteiger partial charge in [0, 0.05) is 25.0 Å². The van der Waals surface area contributed by atoms with Crippen LogP contribution in [0.2, 0.25) is 0 Å². The quantitative estimate of drug-likeness (QED) is 0.326. The van der Waals surface area contributed by atoms with Gasteiger partial charge in [-0.1, -0.05) is 51.2 Å². The van der Waals surface area contributed by atoms with Gasteiger partial charge in [0.2, 0.25) is 5.24 Å². The van der Waals surface area contributed by atoms with Crippen LogP contribution in [0.3, 0.4) is 0 Å². The Kier molecular flexibility index (Phi) is 9.76. The van der Waals surface area contributed by atoms with Crippen molar-refractivity contribution in [2.75, 3.05) is 26.3 Å². The molecule has 28 heavy (non-hydrogen) atoms. The summed E-state index contributed by atoms with van der Waals surface area (Å²) in [7, 11) is 0. The average molecular weight is 410 g/mol. The molecule has 0 N–H and O–H groups in total. The fraction of sp³-hybridized carbons (Fsp3) is 0.696. The molecule has 0 bridgehead atoms. The summed E-state index contributed by atoms with van der Waals surface area (Å²) >= 11 is 5.53. The predicted octanol–water partition coefficient (Wildman–Crippen LogP) is 5.73. The van der Waals surface area contributed by atoms with Crippen LogP contribution in [-0.2, 0) is 9.53 Å². The number of unbranched alkanes of at least 4 members (excludes halogenated alkanes) is 5. The molecule has 1 aromatic rings. The first-order valence-electron chi connectivity index (χ1n) is 10.7. The predicted molar refractivity (Wildman–Crippen MR) is 115 cm³/mol. The molecule has 1 unspecified atom stereocenters. The highest BCUT2D eigenvalue weighted by atomic mass is 35.5. The van der Waals surface area contributed by atoms with Crippen LogP contribution in [0.25, 0.3) is 0 Å². The highest BCUT2D eigenvalue weighted by molar-refractivity contribution is 6.63. The molecule has 158 valence electrons. The second-order valence-electron chi connectivity index (χ2n) is 8.35. The first kappa shape index (κ1) is 23.2. The third-order valence-electron chi connectivity index (χ3n) is 5.48. The largest absolute Gasteiger partial charge is 0.494 e. The topological polar surface area (TPSA) is 38.8 Å². The van der Waals surface area contributed by atoms with Gasteiger partial charge in [-0.15, -0.1) is 0 Å². The molecule has 5 heteroatoms. The zero-order chi connectivity index (χ0) is 20.4. The third kappa shape index (κ3) is 7.73. The minimum atomic E-state index is -0.286. The lowest BCUT2D eigenvalue weighted by Gasteiger charge is -2.45. The molecule has 1 aromatic carbocycles. The van der Waals surface area contributed by atoms with Crippen molar-refractivity contribution in [3.8, 4) is 5.75 Å². The van der Waals surface area contributed by atoms with Crippen molar-refractivity contribution in [1.29, 1.82) is 0 Å². The molecule has 0 aliphatic carbocycles. The molecular weight excluding hydrogens is 374 g/mol. The molecule has 2 rings (SSSR count). The Morgan fingerprint density at radius 1 is 1.18 bits per heavy atom. The fourth-order valence-corrected chi connectivity index (χ4v) is 3.65. The van der Waals surface area contributed by atoms with E-state index in [1.165, 1.54) is 32.1 Å². The SMILES string of the molecule is CCCCCCCCOc1ccc(C2CN(CCC(=O)Cl)C(C)(C)CO2)cc1. The van der Waals surface area contributed by atoms with Gasteiger partial charge < -0.3 is 9.47 Å². The Hall–Kier alpha value is -1.10. The number of morpholine rings is 1. The third-order valence-corrected chi connectivity index (χ3v) is 5.67. The monoisotopic (exact) mass is 409 g/mol. The summed E-state index contributed by atoms with van der Waals surface area (Å²) in [5.41, 5.74) is 1.05. The van der Waals surface area contributed by atoms with Gasteiger partial charge in [-0.05, 0) is 49.6 Å². The van der Waals surface area contributed by atoms with Crippen LogP contribution in [0.15, 0.2) is 24.3 Å². The summed E-state index contributed by atoms with van der Waals surface area (Å²) < 4.78 is 12.0. The van der Waals surface area contributed by atoms with E-state index in [1.54, 1.807) is 0 Å². The van der Waals surface area contributed by atoms with E-state index in [0.717, 1.165) is 30.9 Å². The molecule has 1 fully saturated rings. The van der Waals surface area contributed by atoms with E-state index >= 15 is 0 Å². The maximum Gasteiger partial charge on any atom is 0.222 e. The first-order valence-corrected chi connectivity index (χ1v) is 11.1. The first-order chi connectivity index (χ1) is 13.4. The average Bonchev–Trinajstić information content (AvgIpc) is 2.67. The van der Waals surface area contributed by atoms with E-state index in [9.17, 15) is 4.79 Å². The molecule has 0 amide bonds. The zero-order valence-corrected chi connectivity index (χ0v) is 18.5. The maximum atomic E-state index is 11.2. The minimum Gasteiger partial charge on any atom is -0.494 e. The lowest BCUT2D eigenvalue weighted by molar-refractivity contribution is -0.116. The van der Waals surface area contributed by atoms with Gasteiger partial charge in [0.1, 0.15) is 5.75 Å². The summed E-state index contributed by atoms with van der Waals surface area (Å²) in [5, 5.41) is -0.286. The number of hydrogen-bond acceptors (Lipinski definition) is 4. The lowest BCUT2D eigenvalue weighted by atomic mass is 9.98. The number of hydrogen-bond donors (Lipinski definition) is 0. The van der Waals surface area contributed by atoms with Crippen molar-refractivity contribution in [2.45, 2.75) is 77.4 Å². The van der Waals surface area contributed by atoms with Gasteiger partial charge in [0.15, 0.2) is 0 Å². The molecule has 1 atom stereocenters. The molecule has 0 spiro atoms. The number of rotatable bonds is 12. The van der Waals surface area contributed by atoms with Crippen LogP contribution >= 0.6 is 11.6 Å². The second kappa shape index (κ2) is 11.8. The normalized spacial score (nSPS) is 19.5. The fourth-order valence-electron chi connectivity index (χ4n) is 3.57. The number of halogens is 1. The van der Waals surface area contributed by atoms with E-state index in [-0.39, 0.29) is 16.9 Å². The number of ether oxygens (including phenoxy) is 2. The summed E-state index contributed by atoms with van der Waals surface area (Å²) in [6, 6.07) is 8.24. The Labute approximate surface area is 175 Å². The van der Waals surface area contributed by atoms with E-state index < -0.39 is 0 Å². The van der Waals surface area contributed by atoms with Gasteiger partial charge in [0.25, 0.3) is 0 Å². The van der Waals surface area contributed by atoms with Gasteiger partial charge in [0.05, 0.1) is 19.3 Å². The summed E-state index contributed by atoms with van der Waals surface area (Å²) in [6.07, 6.45) is 7.98. The van der Waals surface area contributed by atoms with Crippen molar-refractivity contribution in [2.24, 2.45) is 0 Å². The number of benzene rings is 1. The van der Waals surface area contributed by atoms with Gasteiger partial charge in [-0.3, -0.25) is 9.69 Å². The Balaban J connectivity index is 1.79. The number of carbonyl (C=O) groups is 1. The highest BCUT2D eigenvalue weighted by Gasteiger charge is 2.35. The van der Waals surface area contributed by atoms with Crippen LogP contribution in [0.5, 0.6) is 5.75 Å². The molecule has 1 aliphatic heterocycles. The van der Waals surface area contributed by atoms with Crippen molar-refractivity contribution in [1.82, 2.24) is 4.90 Å². The van der Waals surface area contributed by atoms with E-state index in [4.69, 9.17) is 21.1 Å². The Morgan fingerprint density at radius 2 is 1.86 bits per heavy atom. The molecule has 1 aliphatic rings. The summed E-state index contributed by atoms with van der Waals surface area (Å²) in [4.78, 5) is 13.4. The van der Waals surface area contributed by atoms with Crippen molar-refractivity contribution >= 4 is 16.8 Å².